The fourth-order valence-corrected chi connectivity index (χ4v) is 3.58. The third kappa shape index (κ3) is 4.11. The van der Waals surface area contributed by atoms with E-state index >= 15 is 0 Å². The number of benzene rings is 1. The smallest absolute Gasteiger partial charge is 0.289 e. The number of aromatic nitrogens is 1. The van der Waals surface area contributed by atoms with Crippen molar-refractivity contribution in [3.63, 3.8) is 0 Å². The molecule has 1 fully saturated rings. The molecule has 0 bridgehead atoms. The van der Waals surface area contributed by atoms with Gasteiger partial charge in [-0.25, -0.2) is 9.37 Å². The minimum atomic E-state index is -0.316. The van der Waals surface area contributed by atoms with Gasteiger partial charge in [-0.15, -0.1) is 11.3 Å². The summed E-state index contributed by atoms with van der Waals surface area (Å²) in [5.41, 5.74) is 0. The van der Waals surface area contributed by atoms with Gasteiger partial charge in [0.05, 0.1) is 0 Å². The average Bonchev–Trinajstić information content (AvgIpc) is 3.39. The summed E-state index contributed by atoms with van der Waals surface area (Å²) in [5, 5.41) is 2.94. The number of amides is 1. The number of nitrogens with zero attached hydrogens (tertiary/aromatic N) is 3. The van der Waals surface area contributed by atoms with Gasteiger partial charge in [-0.3, -0.25) is 4.79 Å². The van der Waals surface area contributed by atoms with Crippen molar-refractivity contribution < 1.29 is 18.3 Å². The van der Waals surface area contributed by atoms with Crippen LogP contribution in [0.15, 0.2) is 52.4 Å². The minimum absolute atomic E-state index is 0.123. The average molecular weight is 387 g/mol. The summed E-state index contributed by atoms with van der Waals surface area (Å²) >= 11 is 1.60. The first-order chi connectivity index (χ1) is 13.2. The Labute approximate surface area is 159 Å². The lowest BCUT2D eigenvalue weighted by Crippen LogP contribution is -2.48. The third-order valence-electron chi connectivity index (χ3n) is 4.32. The van der Waals surface area contributed by atoms with Gasteiger partial charge >= 0.3 is 0 Å². The molecule has 0 N–H and O–H groups in total. The lowest BCUT2D eigenvalue weighted by molar-refractivity contribution is 0.0710. The van der Waals surface area contributed by atoms with Crippen molar-refractivity contribution in [1.29, 1.82) is 0 Å². The number of hydrogen-bond donors (Lipinski definition) is 0. The van der Waals surface area contributed by atoms with Crippen LogP contribution in [0, 0.1) is 5.82 Å². The van der Waals surface area contributed by atoms with Crippen LogP contribution in [0.1, 0.15) is 16.3 Å². The predicted molar refractivity (Wildman–Crippen MR) is 99.7 cm³/mol. The molecule has 0 aliphatic carbocycles. The number of thiazole rings is 1. The van der Waals surface area contributed by atoms with Gasteiger partial charge in [0.25, 0.3) is 5.91 Å². The van der Waals surface area contributed by atoms with Crippen LogP contribution in [-0.2, 0) is 6.61 Å². The number of carbonyl (C=O) groups excluding carboxylic acids is 1. The van der Waals surface area contributed by atoms with Crippen LogP contribution in [0.3, 0.4) is 0 Å². The number of rotatable bonds is 5. The fraction of sp³-hybridized carbons (Fsp3) is 0.263. The van der Waals surface area contributed by atoms with E-state index in [1.54, 1.807) is 46.7 Å². The van der Waals surface area contributed by atoms with Crippen molar-refractivity contribution in [1.82, 2.24) is 9.88 Å². The molecule has 1 aliphatic heterocycles. The van der Waals surface area contributed by atoms with E-state index in [1.807, 2.05) is 5.38 Å². The van der Waals surface area contributed by atoms with E-state index in [1.165, 1.54) is 12.1 Å². The highest BCUT2D eigenvalue weighted by molar-refractivity contribution is 7.13. The summed E-state index contributed by atoms with van der Waals surface area (Å²) in [6, 6.07) is 9.15. The van der Waals surface area contributed by atoms with Gasteiger partial charge < -0.3 is 19.0 Å². The number of halogens is 1. The largest absolute Gasteiger partial charge is 0.486 e. The van der Waals surface area contributed by atoms with Crippen molar-refractivity contribution in [2.24, 2.45) is 0 Å². The molecule has 0 unspecified atom stereocenters. The van der Waals surface area contributed by atoms with E-state index < -0.39 is 0 Å². The Bertz CT molecular complexity index is 887. The molecular weight excluding hydrogens is 369 g/mol. The van der Waals surface area contributed by atoms with Crippen molar-refractivity contribution in [2.75, 3.05) is 31.1 Å². The van der Waals surface area contributed by atoms with Gasteiger partial charge in [-0.1, -0.05) is 0 Å². The normalized spacial score (nSPS) is 14.4. The summed E-state index contributed by atoms with van der Waals surface area (Å²) in [6.07, 6.45) is 1.79. The second-order valence-electron chi connectivity index (χ2n) is 6.10. The van der Waals surface area contributed by atoms with Crippen molar-refractivity contribution in [2.45, 2.75) is 6.61 Å². The monoisotopic (exact) mass is 387 g/mol. The SMILES string of the molecule is O=C(c1ccc(COc2ccc(F)cc2)o1)N1CCN(c2nccs2)CC1. The Morgan fingerprint density at radius 1 is 1.15 bits per heavy atom. The molecule has 1 amide bonds. The maximum absolute atomic E-state index is 12.9. The van der Waals surface area contributed by atoms with Gasteiger partial charge in [0.15, 0.2) is 10.9 Å². The summed E-state index contributed by atoms with van der Waals surface area (Å²) in [4.78, 5) is 20.9. The zero-order valence-electron chi connectivity index (χ0n) is 14.5. The molecule has 8 heteroatoms. The summed E-state index contributed by atoms with van der Waals surface area (Å²) in [7, 11) is 0. The maximum Gasteiger partial charge on any atom is 0.289 e. The van der Waals surface area contributed by atoms with E-state index in [9.17, 15) is 9.18 Å². The fourth-order valence-electron chi connectivity index (χ4n) is 2.88. The molecule has 1 saturated heterocycles. The molecule has 1 aliphatic rings. The highest BCUT2D eigenvalue weighted by atomic mass is 32.1. The third-order valence-corrected chi connectivity index (χ3v) is 5.16. The lowest BCUT2D eigenvalue weighted by atomic mass is 10.3. The number of hydrogen-bond acceptors (Lipinski definition) is 6. The van der Waals surface area contributed by atoms with Crippen LogP contribution < -0.4 is 9.64 Å². The highest BCUT2D eigenvalue weighted by Crippen LogP contribution is 2.20. The molecule has 4 rings (SSSR count). The zero-order chi connectivity index (χ0) is 18.6. The highest BCUT2D eigenvalue weighted by Gasteiger charge is 2.25. The first-order valence-electron chi connectivity index (χ1n) is 8.60. The van der Waals surface area contributed by atoms with Crippen molar-refractivity contribution in [3.05, 3.63) is 65.3 Å². The standard InChI is InChI=1S/C19H18FN3O3S/c20-14-1-3-15(4-2-14)25-13-16-5-6-17(26-16)18(24)22-8-10-23(11-9-22)19-21-7-12-27-19/h1-7,12H,8-11,13H2. The summed E-state index contributed by atoms with van der Waals surface area (Å²) in [5.74, 6) is 0.948. The maximum atomic E-state index is 12.9. The second-order valence-corrected chi connectivity index (χ2v) is 6.98. The van der Waals surface area contributed by atoms with Crippen molar-refractivity contribution >= 4 is 22.4 Å². The van der Waals surface area contributed by atoms with Crippen LogP contribution in [0.2, 0.25) is 0 Å². The van der Waals surface area contributed by atoms with Crippen LogP contribution in [0.25, 0.3) is 0 Å². The van der Waals surface area contributed by atoms with E-state index in [0.717, 1.165) is 18.2 Å². The Balaban J connectivity index is 1.31. The minimum Gasteiger partial charge on any atom is -0.486 e. The zero-order valence-corrected chi connectivity index (χ0v) is 15.3. The van der Waals surface area contributed by atoms with E-state index in [4.69, 9.17) is 9.15 Å². The molecule has 0 saturated carbocycles. The molecule has 27 heavy (non-hydrogen) atoms. The quantitative estimate of drug-likeness (QED) is 0.671. The Hall–Kier alpha value is -2.87. The van der Waals surface area contributed by atoms with E-state index in [-0.39, 0.29) is 18.3 Å². The Kier molecular flexibility index (Phi) is 5.06. The van der Waals surface area contributed by atoms with Gasteiger partial charge in [-0.05, 0) is 36.4 Å². The van der Waals surface area contributed by atoms with Gasteiger partial charge in [-0.2, -0.15) is 0 Å². The molecule has 2 aromatic heterocycles. The molecule has 3 aromatic rings. The number of furan rings is 1. The van der Waals surface area contributed by atoms with Crippen LogP contribution in [0.5, 0.6) is 5.75 Å². The molecule has 0 spiro atoms. The number of carbonyl (C=O) groups is 1. The number of ether oxygens (including phenoxy) is 1. The van der Waals surface area contributed by atoms with E-state index in [0.29, 0.717) is 30.4 Å². The number of piperazine rings is 1. The summed E-state index contributed by atoms with van der Waals surface area (Å²) < 4.78 is 24.1. The molecule has 6 nitrogen and oxygen atoms in total. The first-order valence-corrected chi connectivity index (χ1v) is 9.48. The molecular formula is C19H18FN3O3S. The van der Waals surface area contributed by atoms with Gasteiger partial charge in [0, 0.05) is 37.8 Å². The van der Waals surface area contributed by atoms with E-state index in [2.05, 4.69) is 9.88 Å². The predicted octanol–water partition coefficient (Wildman–Crippen LogP) is 3.42. The van der Waals surface area contributed by atoms with Crippen LogP contribution in [-0.4, -0.2) is 42.0 Å². The second kappa shape index (κ2) is 7.79. The molecule has 0 radical (unpaired) electrons. The molecule has 0 atom stereocenters. The van der Waals surface area contributed by atoms with Crippen LogP contribution in [0.4, 0.5) is 9.52 Å². The lowest BCUT2D eigenvalue weighted by Gasteiger charge is -2.34. The van der Waals surface area contributed by atoms with Gasteiger partial charge in [0.1, 0.15) is 23.9 Å². The molecule has 140 valence electrons. The number of anilines is 1. The van der Waals surface area contributed by atoms with Crippen molar-refractivity contribution in [3.8, 4) is 5.75 Å². The van der Waals surface area contributed by atoms with Crippen LogP contribution >= 0.6 is 11.3 Å². The Morgan fingerprint density at radius 3 is 2.63 bits per heavy atom. The Morgan fingerprint density at radius 2 is 1.93 bits per heavy atom. The topological polar surface area (TPSA) is 58.8 Å². The summed E-state index contributed by atoms with van der Waals surface area (Å²) in [6.45, 7) is 2.93. The molecule has 1 aromatic carbocycles. The molecule has 3 heterocycles. The first kappa shape index (κ1) is 17.5. The van der Waals surface area contributed by atoms with Gasteiger partial charge in [0.2, 0.25) is 0 Å².